The standard InChI is InChI=1S/C15H20N2O2S2/c1-4-11-9-16-15(10(2)14(11)20)17-12-5-7-13(8-6-12)21(3,18)19/h5,7,9,13H,4,6,8H2,1-3H3,(H,16,20). The van der Waals surface area contributed by atoms with Gasteiger partial charge in [0.05, 0.1) is 5.25 Å². The van der Waals surface area contributed by atoms with Crippen LogP contribution in [0.2, 0.25) is 0 Å². The molecule has 114 valence electrons. The monoisotopic (exact) mass is 324 g/mol. The zero-order valence-electron chi connectivity index (χ0n) is 12.5. The van der Waals surface area contributed by atoms with Crippen LogP contribution in [0.3, 0.4) is 0 Å². The predicted octanol–water partition coefficient (Wildman–Crippen LogP) is 3.45. The molecule has 1 aliphatic carbocycles. The lowest BCUT2D eigenvalue weighted by Gasteiger charge is -2.16. The minimum absolute atomic E-state index is 0.390. The average Bonchev–Trinajstić information content (AvgIpc) is 2.44. The Kier molecular flexibility index (Phi) is 4.78. The molecule has 1 N–H and O–H groups in total. The third-order valence-electron chi connectivity index (χ3n) is 3.75. The van der Waals surface area contributed by atoms with Crippen LogP contribution in [0.5, 0.6) is 0 Å². The predicted molar refractivity (Wildman–Crippen MR) is 89.8 cm³/mol. The first kappa shape index (κ1) is 16.1. The molecular formula is C15H20N2O2S2. The van der Waals surface area contributed by atoms with Gasteiger partial charge in [-0.3, -0.25) is 0 Å². The van der Waals surface area contributed by atoms with Gasteiger partial charge in [0.2, 0.25) is 0 Å². The molecule has 1 aromatic rings. The van der Waals surface area contributed by atoms with Crippen molar-refractivity contribution in [2.24, 2.45) is 4.99 Å². The van der Waals surface area contributed by atoms with Gasteiger partial charge in [-0.1, -0.05) is 25.2 Å². The molecule has 6 heteroatoms. The van der Waals surface area contributed by atoms with Crippen molar-refractivity contribution < 1.29 is 8.42 Å². The van der Waals surface area contributed by atoms with Crippen molar-refractivity contribution in [1.29, 1.82) is 0 Å². The SMILES string of the molecule is CCc1c[nH]c(N=C2C=CC(S(C)(=O)=O)CC2)c(C)c1=S. The van der Waals surface area contributed by atoms with Crippen molar-refractivity contribution >= 4 is 33.6 Å². The second-order valence-corrected chi connectivity index (χ2v) is 8.01. The maximum absolute atomic E-state index is 11.5. The van der Waals surface area contributed by atoms with E-state index in [0.29, 0.717) is 12.8 Å². The lowest BCUT2D eigenvalue weighted by Crippen LogP contribution is -2.21. The van der Waals surface area contributed by atoms with Crippen LogP contribution in [0.15, 0.2) is 23.3 Å². The maximum Gasteiger partial charge on any atom is 0.153 e. The van der Waals surface area contributed by atoms with Crippen LogP contribution in [-0.2, 0) is 16.3 Å². The fraction of sp³-hybridized carbons (Fsp3) is 0.467. The van der Waals surface area contributed by atoms with Crippen molar-refractivity contribution in [3.63, 3.8) is 0 Å². The number of allylic oxidation sites excluding steroid dienone is 1. The van der Waals surface area contributed by atoms with E-state index in [4.69, 9.17) is 12.2 Å². The number of sulfone groups is 1. The molecule has 1 atom stereocenters. The number of aliphatic imine (C=N–C) groups is 1. The van der Waals surface area contributed by atoms with Crippen LogP contribution in [0.25, 0.3) is 0 Å². The minimum atomic E-state index is -3.01. The summed E-state index contributed by atoms with van der Waals surface area (Å²) in [5.74, 6) is 0.759. The molecule has 0 bridgehead atoms. The van der Waals surface area contributed by atoms with E-state index in [9.17, 15) is 8.42 Å². The first-order chi connectivity index (χ1) is 9.82. The van der Waals surface area contributed by atoms with Crippen molar-refractivity contribution in [2.75, 3.05) is 6.26 Å². The van der Waals surface area contributed by atoms with Crippen LogP contribution >= 0.6 is 12.2 Å². The second-order valence-electron chi connectivity index (χ2n) is 5.34. The van der Waals surface area contributed by atoms with Crippen LogP contribution in [-0.4, -0.2) is 30.6 Å². The summed E-state index contributed by atoms with van der Waals surface area (Å²) in [6, 6.07) is 0. The molecule has 1 heterocycles. The van der Waals surface area contributed by atoms with Gasteiger partial charge in [-0.05, 0) is 37.8 Å². The Labute approximate surface area is 130 Å². The first-order valence-corrected chi connectivity index (χ1v) is 9.35. The summed E-state index contributed by atoms with van der Waals surface area (Å²) in [7, 11) is -3.01. The number of pyridine rings is 1. The second kappa shape index (κ2) is 6.23. The minimum Gasteiger partial charge on any atom is -0.346 e. The summed E-state index contributed by atoms with van der Waals surface area (Å²) >= 11 is 5.43. The summed E-state index contributed by atoms with van der Waals surface area (Å²) in [5.41, 5.74) is 2.96. The van der Waals surface area contributed by atoms with Crippen LogP contribution in [0, 0.1) is 11.4 Å². The molecule has 0 aromatic carbocycles. The van der Waals surface area contributed by atoms with Gasteiger partial charge in [0.1, 0.15) is 5.82 Å². The molecule has 4 nitrogen and oxygen atoms in total. The number of nitrogens with one attached hydrogen (secondary N) is 1. The highest BCUT2D eigenvalue weighted by Crippen LogP contribution is 2.22. The Balaban J connectivity index is 2.31. The zero-order valence-corrected chi connectivity index (χ0v) is 14.1. The van der Waals surface area contributed by atoms with E-state index >= 15 is 0 Å². The van der Waals surface area contributed by atoms with Crippen LogP contribution in [0.1, 0.15) is 30.9 Å². The Bertz CT molecular complexity index is 758. The largest absolute Gasteiger partial charge is 0.346 e. The molecule has 0 aliphatic heterocycles. The van der Waals surface area contributed by atoms with Gasteiger partial charge in [0, 0.05) is 28.2 Å². The molecule has 1 aromatic heterocycles. The van der Waals surface area contributed by atoms with Crippen molar-refractivity contribution in [3.8, 4) is 0 Å². The van der Waals surface area contributed by atoms with E-state index in [1.165, 1.54) is 6.26 Å². The van der Waals surface area contributed by atoms with E-state index in [1.54, 1.807) is 12.2 Å². The van der Waals surface area contributed by atoms with Gasteiger partial charge in [0.25, 0.3) is 0 Å². The number of aryl methyl sites for hydroxylation is 1. The molecule has 1 aliphatic rings. The highest BCUT2D eigenvalue weighted by atomic mass is 32.2. The number of aromatic nitrogens is 1. The molecule has 1 unspecified atom stereocenters. The number of nitrogens with zero attached hydrogens (tertiary/aromatic N) is 1. The molecule has 2 rings (SSSR count). The normalized spacial score (nSPS) is 20.9. The molecule has 0 spiro atoms. The molecular weight excluding hydrogens is 304 g/mol. The summed E-state index contributed by atoms with van der Waals surface area (Å²) in [6.45, 7) is 4.03. The van der Waals surface area contributed by atoms with Gasteiger partial charge in [-0.15, -0.1) is 0 Å². The molecule has 21 heavy (non-hydrogen) atoms. The third-order valence-corrected chi connectivity index (χ3v) is 5.81. The molecule has 0 saturated carbocycles. The van der Waals surface area contributed by atoms with E-state index in [1.807, 2.05) is 13.1 Å². The lowest BCUT2D eigenvalue weighted by atomic mass is 10.1. The van der Waals surface area contributed by atoms with Crippen LogP contribution < -0.4 is 0 Å². The summed E-state index contributed by atoms with van der Waals surface area (Å²) in [6.07, 6.45) is 8.84. The van der Waals surface area contributed by atoms with Crippen molar-refractivity contribution in [1.82, 2.24) is 4.98 Å². The smallest absolute Gasteiger partial charge is 0.153 e. The summed E-state index contributed by atoms with van der Waals surface area (Å²) in [4.78, 5) is 7.76. The summed E-state index contributed by atoms with van der Waals surface area (Å²) in [5, 5.41) is -0.390. The van der Waals surface area contributed by atoms with Gasteiger partial charge < -0.3 is 4.98 Å². The molecule has 0 amide bonds. The van der Waals surface area contributed by atoms with Gasteiger partial charge >= 0.3 is 0 Å². The van der Waals surface area contributed by atoms with Gasteiger partial charge in [0.15, 0.2) is 9.84 Å². The lowest BCUT2D eigenvalue weighted by molar-refractivity contribution is 0.590. The highest BCUT2D eigenvalue weighted by Gasteiger charge is 2.21. The molecule has 0 radical (unpaired) electrons. The maximum atomic E-state index is 11.5. The third kappa shape index (κ3) is 3.68. The van der Waals surface area contributed by atoms with Gasteiger partial charge in [-0.25, -0.2) is 13.4 Å². The Morgan fingerprint density at radius 3 is 2.71 bits per heavy atom. The first-order valence-electron chi connectivity index (χ1n) is 6.98. The fourth-order valence-electron chi connectivity index (χ4n) is 2.34. The van der Waals surface area contributed by atoms with Crippen molar-refractivity contribution in [3.05, 3.63) is 34.0 Å². The Hall–Kier alpha value is -1.27. The number of hydrogen-bond donors (Lipinski definition) is 1. The quantitative estimate of drug-likeness (QED) is 0.866. The van der Waals surface area contributed by atoms with E-state index in [-0.39, 0.29) is 0 Å². The van der Waals surface area contributed by atoms with E-state index in [0.717, 1.165) is 33.6 Å². The number of rotatable bonds is 3. The van der Waals surface area contributed by atoms with Gasteiger partial charge in [-0.2, -0.15) is 0 Å². The number of aromatic amines is 1. The topological polar surface area (TPSA) is 62.3 Å². The Morgan fingerprint density at radius 2 is 2.19 bits per heavy atom. The number of H-pyrrole nitrogens is 1. The summed E-state index contributed by atoms with van der Waals surface area (Å²) < 4.78 is 23.9. The molecule has 0 saturated heterocycles. The number of hydrogen-bond acceptors (Lipinski definition) is 4. The Morgan fingerprint density at radius 1 is 1.48 bits per heavy atom. The molecule has 0 fully saturated rings. The van der Waals surface area contributed by atoms with Crippen molar-refractivity contribution in [2.45, 2.75) is 38.4 Å². The van der Waals surface area contributed by atoms with Crippen LogP contribution in [0.4, 0.5) is 5.82 Å². The average molecular weight is 324 g/mol. The van der Waals surface area contributed by atoms with E-state index in [2.05, 4.69) is 16.9 Å². The van der Waals surface area contributed by atoms with E-state index < -0.39 is 15.1 Å². The highest BCUT2D eigenvalue weighted by molar-refractivity contribution is 7.91. The fourth-order valence-corrected chi connectivity index (χ4v) is 3.55. The zero-order chi connectivity index (χ0) is 15.6.